The van der Waals surface area contributed by atoms with Gasteiger partial charge >= 0.3 is 0 Å². The minimum Gasteiger partial charge on any atom is -0.205 e. The van der Waals surface area contributed by atoms with Crippen LogP contribution in [0.2, 0.25) is 5.02 Å². The van der Waals surface area contributed by atoms with Crippen LogP contribution in [-0.4, -0.2) is 0 Å². The molecule has 14 heavy (non-hydrogen) atoms. The smallest absolute Gasteiger partial charge is 0.145 e. The van der Waals surface area contributed by atoms with Gasteiger partial charge in [-0.15, -0.1) is 0 Å². The van der Waals surface area contributed by atoms with Crippen LogP contribution in [-0.2, 0) is 6.42 Å². The van der Waals surface area contributed by atoms with Crippen molar-refractivity contribution in [2.45, 2.75) is 26.2 Å². The van der Waals surface area contributed by atoms with E-state index >= 15 is 0 Å². The molecule has 3 heteroatoms. The molecule has 0 spiro atoms. The summed E-state index contributed by atoms with van der Waals surface area (Å²) in [4.78, 5) is 0. The van der Waals surface area contributed by atoms with E-state index in [2.05, 4.69) is 0 Å². The Morgan fingerprint density at radius 3 is 2.64 bits per heavy atom. The van der Waals surface area contributed by atoms with Crippen molar-refractivity contribution in [3.05, 3.63) is 34.1 Å². The van der Waals surface area contributed by atoms with Gasteiger partial charge in [-0.05, 0) is 23.1 Å². The quantitative estimate of drug-likeness (QED) is 0.732. The minimum absolute atomic E-state index is 0.0751. The molecule has 0 fully saturated rings. The summed E-state index contributed by atoms with van der Waals surface area (Å²) < 4.78 is 13.5. The Balaban J connectivity index is 3.22. The molecule has 0 heterocycles. The molecule has 0 aliphatic heterocycles. The van der Waals surface area contributed by atoms with Crippen molar-refractivity contribution in [3.63, 3.8) is 0 Å². The lowest BCUT2D eigenvalue weighted by molar-refractivity contribution is 0.598. The molecule has 0 unspecified atom stereocenters. The number of nitriles is 1. The van der Waals surface area contributed by atoms with Crippen LogP contribution in [0.5, 0.6) is 0 Å². The van der Waals surface area contributed by atoms with E-state index in [9.17, 15) is 4.39 Å². The van der Waals surface area contributed by atoms with E-state index in [1.807, 2.05) is 19.9 Å². The monoisotopic (exact) mass is 211 g/mol. The molecule has 0 saturated heterocycles. The van der Waals surface area contributed by atoms with Gasteiger partial charge in [-0.3, -0.25) is 0 Å². The molecule has 1 aromatic carbocycles. The summed E-state index contributed by atoms with van der Waals surface area (Å²) in [7, 11) is 0. The lowest BCUT2D eigenvalue weighted by atomic mass is 9.99. The van der Waals surface area contributed by atoms with Crippen LogP contribution >= 0.6 is 11.6 Å². The predicted molar refractivity (Wildman–Crippen MR) is 54.8 cm³/mol. The zero-order valence-corrected chi connectivity index (χ0v) is 8.90. The first kappa shape index (κ1) is 11.0. The Bertz CT molecular complexity index is 380. The van der Waals surface area contributed by atoms with E-state index in [0.717, 1.165) is 5.56 Å². The second-order valence-corrected chi connectivity index (χ2v) is 3.88. The van der Waals surface area contributed by atoms with Gasteiger partial charge in [0.15, 0.2) is 0 Å². The van der Waals surface area contributed by atoms with Crippen LogP contribution in [0.3, 0.4) is 0 Å². The molecule has 0 bridgehead atoms. The summed E-state index contributed by atoms with van der Waals surface area (Å²) in [5, 5.41) is 8.62. The van der Waals surface area contributed by atoms with Crippen LogP contribution in [0.25, 0.3) is 0 Å². The average molecular weight is 212 g/mol. The summed E-state index contributed by atoms with van der Waals surface area (Å²) in [6.07, 6.45) is 0.264. The molecule has 1 aromatic rings. The van der Waals surface area contributed by atoms with E-state index in [-0.39, 0.29) is 23.2 Å². The lowest BCUT2D eigenvalue weighted by Crippen LogP contribution is -1.96. The van der Waals surface area contributed by atoms with Crippen LogP contribution < -0.4 is 0 Å². The number of halogens is 2. The van der Waals surface area contributed by atoms with Crippen molar-refractivity contribution < 1.29 is 4.39 Å². The Morgan fingerprint density at radius 1 is 1.50 bits per heavy atom. The zero-order valence-electron chi connectivity index (χ0n) is 8.14. The molecule has 0 aliphatic rings. The van der Waals surface area contributed by atoms with Crippen LogP contribution in [0.15, 0.2) is 12.1 Å². The Kier molecular flexibility index (Phi) is 3.49. The molecule has 0 saturated carbocycles. The van der Waals surface area contributed by atoms with Gasteiger partial charge in [-0.25, -0.2) is 4.39 Å². The van der Waals surface area contributed by atoms with E-state index in [4.69, 9.17) is 16.9 Å². The van der Waals surface area contributed by atoms with Crippen molar-refractivity contribution in [2.75, 3.05) is 0 Å². The third-order valence-electron chi connectivity index (χ3n) is 2.02. The fourth-order valence-electron chi connectivity index (χ4n) is 1.28. The van der Waals surface area contributed by atoms with Gasteiger partial charge in [-0.2, -0.15) is 5.26 Å². The molecular formula is C11H11ClFN. The predicted octanol–water partition coefficient (Wildman–Crippen LogP) is 3.67. The molecule has 0 aromatic heterocycles. The molecule has 1 rings (SSSR count). The van der Waals surface area contributed by atoms with E-state index in [1.165, 1.54) is 6.07 Å². The minimum atomic E-state index is -0.372. The first-order valence-corrected chi connectivity index (χ1v) is 4.78. The van der Waals surface area contributed by atoms with Crippen LogP contribution in [0, 0.1) is 17.1 Å². The van der Waals surface area contributed by atoms with Crippen LogP contribution in [0.1, 0.15) is 30.9 Å². The third kappa shape index (κ3) is 2.24. The van der Waals surface area contributed by atoms with Crippen molar-refractivity contribution in [1.29, 1.82) is 5.26 Å². The summed E-state index contributed by atoms with van der Waals surface area (Å²) in [6.45, 7) is 3.79. The van der Waals surface area contributed by atoms with Crippen molar-refractivity contribution in [2.24, 2.45) is 0 Å². The SMILES string of the molecule is CC(C)c1cc(CC#N)cc(Cl)c1F. The second kappa shape index (κ2) is 4.43. The Hall–Kier alpha value is -1.07. The highest BCUT2D eigenvalue weighted by atomic mass is 35.5. The number of nitrogens with zero attached hydrogens (tertiary/aromatic N) is 1. The van der Waals surface area contributed by atoms with Gasteiger partial charge in [0, 0.05) is 0 Å². The van der Waals surface area contributed by atoms with Crippen molar-refractivity contribution in [1.82, 2.24) is 0 Å². The number of hydrogen-bond donors (Lipinski definition) is 0. The fraction of sp³-hybridized carbons (Fsp3) is 0.364. The maximum Gasteiger partial charge on any atom is 0.145 e. The van der Waals surface area contributed by atoms with Gasteiger partial charge < -0.3 is 0 Å². The van der Waals surface area contributed by atoms with Crippen molar-refractivity contribution in [3.8, 4) is 6.07 Å². The standard InChI is InChI=1S/C11H11ClFN/c1-7(2)9-5-8(3-4-14)6-10(12)11(9)13/h5-7H,3H2,1-2H3. The lowest BCUT2D eigenvalue weighted by Gasteiger charge is -2.09. The number of rotatable bonds is 2. The van der Waals surface area contributed by atoms with Crippen molar-refractivity contribution >= 4 is 11.6 Å². The molecule has 0 N–H and O–H groups in total. The first-order valence-electron chi connectivity index (χ1n) is 4.41. The van der Waals surface area contributed by atoms with E-state index < -0.39 is 0 Å². The summed E-state index contributed by atoms with van der Waals surface area (Å²) in [5.41, 5.74) is 1.34. The zero-order chi connectivity index (χ0) is 10.7. The first-order chi connectivity index (χ1) is 6.56. The van der Waals surface area contributed by atoms with Crippen LogP contribution in [0.4, 0.5) is 4.39 Å². The summed E-state index contributed by atoms with van der Waals surface area (Å²) in [5.74, 6) is -0.297. The number of hydrogen-bond acceptors (Lipinski definition) is 1. The molecule has 0 radical (unpaired) electrons. The average Bonchev–Trinajstić information content (AvgIpc) is 2.11. The maximum atomic E-state index is 13.5. The van der Waals surface area contributed by atoms with Gasteiger partial charge in [0.05, 0.1) is 17.5 Å². The molecule has 0 atom stereocenters. The highest BCUT2D eigenvalue weighted by Crippen LogP contribution is 2.26. The summed E-state index contributed by atoms with van der Waals surface area (Å²) in [6, 6.07) is 5.23. The topological polar surface area (TPSA) is 23.8 Å². The van der Waals surface area contributed by atoms with Gasteiger partial charge in [-0.1, -0.05) is 31.5 Å². The van der Waals surface area contributed by atoms with E-state index in [0.29, 0.717) is 5.56 Å². The number of benzene rings is 1. The summed E-state index contributed by atoms with van der Waals surface area (Å²) >= 11 is 5.71. The molecule has 0 amide bonds. The largest absolute Gasteiger partial charge is 0.205 e. The third-order valence-corrected chi connectivity index (χ3v) is 2.30. The maximum absolute atomic E-state index is 13.5. The fourth-order valence-corrected chi connectivity index (χ4v) is 1.53. The highest BCUT2D eigenvalue weighted by Gasteiger charge is 2.11. The van der Waals surface area contributed by atoms with E-state index in [1.54, 1.807) is 6.07 Å². The van der Waals surface area contributed by atoms with Gasteiger partial charge in [0.25, 0.3) is 0 Å². The Labute approximate surface area is 88.1 Å². The normalized spacial score (nSPS) is 10.3. The molecule has 1 nitrogen and oxygen atoms in total. The molecular weight excluding hydrogens is 201 g/mol. The van der Waals surface area contributed by atoms with Gasteiger partial charge in [0.1, 0.15) is 5.82 Å². The van der Waals surface area contributed by atoms with Gasteiger partial charge in [0.2, 0.25) is 0 Å². The molecule has 0 aliphatic carbocycles. The Morgan fingerprint density at radius 2 is 2.14 bits per heavy atom. The molecule has 74 valence electrons. The second-order valence-electron chi connectivity index (χ2n) is 3.47. The highest BCUT2D eigenvalue weighted by molar-refractivity contribution is 6.30.